The van der Waals surface area contributed by atoms with Gasteiger partial charge < -0.3 is 15.5 Å². The lowest BCUT2D eigenvalue weighted by Gasteiger charge is -2.33. The van der Waals surface area contributed by atoms with Crippen LogP contribution in [-0.2, 0) is 6.54 Å². The first-order valence-corrected chi connectivity index (χ1v) is 8.96. The molecule has 24 heavy (non-hydrogen) atoms. The van der Waals surface area contributed by atoms with Crippen LogP contribution in [0.1, 0.15) is 49.0 Å². The fourth-order valence-corrected chi connectivity index (χ4v) is 3.06. The predicted molar refractivity (Wildman–Crippen MR) is 99.2 cm³/mol. The van der Waals surface area contributed by atoms with E-state index in [-0.39, 0.29) is 5.91 Å². The van der Waals surface area contributed by atoms with E-state index in [0.717, 1.165) is 31.0 Å². The molecule has 1 aromatic rings. The highest BCUT2D eigenvalue weighted by Crippen LogP contribution is 2.15. The molecule has 0 aromatic heterocycles. The molecule has 1 aliphatic heterocycles. The third-order valence-corrected chi connectivity index (χ3v) is 4.34. The van der Waals surface area contributed by atoms with Gasteiger partial charge in [-0.05, 0) is 42.9 Å². The summed E-state index contributed by atoms with van der Waals surface area (Å²) in [5.41, 5.74) is 1.80. The van der Waals surface area contributed by atoms with Crippen molar-refractivity contribution >= 4 is 11.9 Å². The molecule has 1 aromatic carbocycles. The monoisotopic (exact) mass is 330 g/mol. The van der Waals surface area contributed by atoms with Gasteiger partial charge in [0, 0.05) is 38.8 Å². The number of carbonyl (C=O) groups excluding carboxylic acids is 1. The van der Waals surface area contributed by atoms with Gasteiger partial charge in [-0.15, -0.1) is 0 Å². The van der Waals surface area contributed by atoms with Crippen LogP contribution < -0.4 is 10.6 Å². The van der Waals surface area contributed by atoms with Crippen LogP contribution in [0, 0.1) is 5.92 Å². The second-order valence-corrected chi connectivity index (χ2v) is 6.55. The lowest BCUT2D eigenvalue weighted by atomic mass is 10.0. The number of hydrogen-bond acceptors (Lipinski definition) is 2. The minimum atomic E-state index is -0.00654. The Labute approximate surface area is 145 Å². The summed E-state index contributed by atoms with van der Waals surface area (Å²) in [7, 11) is 1.83. The number of likely N-dealkylation sites (tertiary alicyclic amines) is 1. The normalized spacial score (nSPS) is 18.4. The maximum Gasteiger partial charge on any atom is 0.251 e. The highest BCUT2D eigenvalue weighted by molar-refractivity contribution is 5.94. The van der Waals surface area contributed by atoms with Crippen molar-refractivity contribution < 1.29 is 4.79 Å². The predicted octanol–water partition coefficient (Wildman–Crippen LogP) is 2.63. The largest absolute Gasteiger partial charge is 0.352 e. The van der Waals surface area contributed by atoms with E-state index in [4.69, 9.17) is 0 Å². The van der Waals surface area contributed by atoms with Crippen LogP contribution in [0.4, 0.5) is 0 Å². The second kappa shape index (κ2) is 9.30. The zero-order valence-corrected chi connectivity index (χ0v) is 15.1. The zero-order valence-electron chi connectivity index (χ0n) is 15.1. The van der Waals surface area contributed by atoms with Gasteiger partial charge in [-0.1, -0.05) is 26.0 Å². The summed E-state index contributed by atoms with van der Waals surface area (Å²) >= 11 is 0. The maximum atomic E-state index is 12.1. The van der Waals surface area contributed by atoms with Crippen molar-refractivity contribution in [3.63, 3.8) is 0 Å². The van der Waals surface area contributed by atoms with Crippen LogP contribution >= 0.6 is 0 Å². The summed E-state index contributed by atoms with van der Waals surface area (Å²) < 4.78 is 0. The van der Waals surface area contributed by atoms with Gasteiger partial charge in [0.05, 0.1) is 0 Å². The Kier molecular flexibility index (Phi) is 7.09. The van der Waals surface area contributed by atoms with E-state index in [9.17, 15) is 4.79 Å². The second-order valence-electron chi connectivity index (χ2n) is 6.55. The lowest BCUT2D eigenvalue weighted by molar-refractivity contribution is 0.0953. The van der Waals surface area contributed by atoms with Crippen LogP contribution in [0.2, 0.25) is 0 Å². The molecule has 5 nitrogen and oxygen atoms in total. The average Bonchev–Trinajstić information content (AvgIpc) is 2.60. The standard InChI is InChI=1S/C19H30N4O/c1-4-10-21-18(24)17-9-5-8-16(12-17)13-22-19(20-3)23-11-6-7-15(2)14-23/h5,8-9,12,15H,4,6-7,10-11,13-14H2,1-3H3,(H,20,22)(H,21,24). The molecular weight excluding hydrogens is 300 g/mol. The van der Waals surface area contributed by atoms with Crippen LogP contribution in [0.3, 0.4) is 0 Å². The molecule has 2 N–H and O–H groups in total. The lowest BCUT2D eigenvalue weighted by Crippen LogP contribution is -2.45. The first kappa shape index (κ1) is 18.3. The van der Waals surface area contributed by atoms with Gasteiger partial charge in [-0.2, -0.15) is 0 Å². The van der Waals surface area contributed by atoms with Crippen LogP contribution in [0.15, 0.2) is 29.3 Å². The highest BCUT2D eigenvalue weighted by Gasteiger charge is 2.19. The molecular formula is C19H30N4O. The Hall–Kier alpha value is -2.04. The summed E-state index contributed by atoms with van der Waals surface area (Å²) in [5.74, 6) is 1.65. The molecule has 0 aliphatic carbocycles. The van der Waals surface area contributed by atoms with Crippen LogP contribution in [0.5, 0.6) is 0 Å². The summed E-state index contributed by atoms with van der Waals surface area (Å²) in [5, 5.41) is 6.35. The first-order valence-electron chi connectivity index (χ1n) is 8.96. The number of piperidine rings is 1. The number of rotatable bonds is 5. The summed E-state index contributed by atoms with van der Waals surface area (Å²) in [6.07, 6.45) is 3.45. The number of nitrogens with zero attached hydrogens (tertiary/aromatic N) is 2. The molecule has 1 unspecified atom stereocenters. The van der Waals surface area contributed by atoms with Crippen molar-refractivity contribution in [1.29, 1.82) is 0 Å². The zero-order chi connectivity index (χ0) is 17.4. The van der Waals surface area contributed by atoms with E-state index in [1.165, 1.54) is 12.8 Å². The van der Waals surface area contributed by atoms with Crippen molar-refractivity contribution in [3.8, 4) is 0 Å². The van der Waals surface area contributed by atoms with E-state index < -0.39 is 0 Å². The van der Waals surface area contributed by atoms with Crippen molar-refractivity contribution in [2.45, 2.75) is 39.7 Å². The van der Waals surface area contributed by atoms with E-state index in [2.05, 4.69) is 27.4 Å². The molecule has 132 valence electrons. The number of aliphatic imine (C=N–C) groups is 1. The Bertz CT molecular complexity index is 570. The van der Waals surface area contributed by atoms with E-state index in [1.54, 1.807) is 0 Å². The number of nitrogens with one attached hydrogen (secondary N) is 2. The number of hydrogen-bond donors (Lipinski definition) is 2. The molecule has 5 heteroatoms. The van der Waals surface area contributed by atoms with Gasteiger partial charge >= 0.3 is 0 Å². The van der Waals surface area contributed by atoms with Gasteiger partial charge in [0.1, 0.15) is 0 Å². The van der Waals surface area contributed by atoms with Gasteiger partial charge in [-0.25, -0.2) is 0 Å². The molecule has 2 rings (SSSR count). The Morgan fingerprint density at radius 2 is 2.21 bits per heavy atom. The first-order chi connectivity index (χ1) is 11.6. The van der Waals surface area contributed by atoms with E-state index in [1.807, 2.05) is 38.2 Å². The highest BCUT2D eigenvalue weighted by atomic mass is 16.1. The van der Waals surface area contributed by atoms with Crippen molar-refractivity contribution in [1.82, 2.24) is 15.5 Å². The molecule has 0 spiro atoms. The van der Waals surface area contributed by atoms with Gasteiger partial charge in [0.25, 0.3) is 5.91 Å². The molecule has 0 saturated carbocycles. The Morgan fingerprint density at radius 1 is 1.38 bits per heavy atom. The molecule has 0 bridgehead atoms. The Balaban J connectivity index is 1.94. The summed E-state index contributed by atoms with van der Waals surface area (Å²) in [6, 6.07) is 7.78. The quantitative estimate of drug-likeness (QED) is 0.644. The SMILES string of the molecule is CCCNC(=O)c1cccc(CNC(=NC)N2CCCC(C)C2)c1. The molecule has 1 atom stereocenters. The summed E-state index contributed by atoms with van der Waals surface area (Å²) in [6.45, 7) is 7.83. The van der Waals surface area contributed by atoms with Gasteiger partial charge in [0.2, 0.25) is 0 Å². The molecule has 1 fully saturated rings. The number of amides is 1. The van der Waals surface area contributed by atoms with Gasteiger partial charge in [0.15, 0.2) is 5.96 Å². The number of guanidine groups is 1. The van der Waals surface area contributed by atoms with Crippen LogP contribution in [-0.4, -0.2) is 43.4 Å². The van der Waals surface area contributed by atoms with E-state index >= 15 is 0 Å². The van der Waals surface area contributed by atoms with Crippen molar-refractivity contribution in [2.75, 3.05) is 26.7 Å². The smallest absolute Gasteiger partial charge is 0.251 e. The summed E-state index contributed by atoms with van der Waals surface area (Å²) in [4.78, 5) is 18.8. The molecule has 1 saturated heterocycles. The topological polar surface area (TPSA) is 56.7 Å². The van der Waals surface area contributed by atoms with Crippen molar-refractivity contribution in [3.05, 3.63) is 35.4 Å². The minimum absolute atomic E-state index is 0.00654. The number of benzene rings is 1. The van der Waals surface area contributed by atoms with Gasteiger partial charge in [-0.3, -0.25) is 9.79 Å². The molecule has 1 amide bonds. The Morgan fingerprint density at radius 3 is 2.92 bits per heavy atom. The third kappa shape index (κ3) is 5.25. The molecule has 1 aliphatic rings. The fraction of sp³-hybridized carbons (Fsp3) is 0.579. The third-order valence-electron chi connectivity index (χ3n) is 4.34. The minimum Gasteiger partial charge on any atom is -0.352 e. The molecule has 0 radical (unpaired) electrons. The fourth-order valence-electron chi connectivity index (χ4n) is 3.06. The average molecular weight is 330 g/mol. The van der Waals surface area contributed by atoms with Crippen LogP contribution in [0.25, 0.3) is 0 Å². The van der Waals surface area contributed by atoms with E-state index in [0.29, 0.717) is 24.6 Å². The number of carbonyl (C=O) groups is 1. The maximum absolute atomic E-state index is 12.1. The molecule has 1 heterocycles. The van der Waals surface area contributed by atoms with Crippen molar-refractivity contribution in [2.24, 2.45) is 10.9 Å².